The molecule has 1 aliphatic rings. The summed E-state index contributed by atoms with van der Waals surface area (Å²) in [5.74, 6) is 0.432. The number of aryl methyl sites for hydroxylation is 1. The lowest BCUT2D eigenvalue weighted by Crippen LogP contribution is -2.22. The molecule has 0 radical (unpaired) electrons. The van der Waals surface area contributed by atoms with Gasteiger partial charge in [0.25, 0.3) is 10.0 Å². The highest BCUT2D eigenvalue weighted by Gasteiger charge is 2.29. The van der Waals surface area contributed by atoms with Crippen molar-refractivity contribution in [2.45, 2.75) is 17.9 Å². The van der Waals surface area contributed by atoms with Gasteiger partial charge in [-0.15, -0.1) is 0 Å². The van der Waals surface area contributed by atoms with Crippen LogP contribution in [0.3, 0.4) is 0 Å². The first-order chi connectivity index (χ1) is 9.67. The van der Waals surface area contributed by atoms with Crippen molar-refractivity contribution in [1.82, 2.24) is 14.5 Å². The van der Waals surface area contributed by atoms with Gasteiger partial charge in [-0.25, -0.2) is 8.42 Å². The number of benzene rings is 1. The van der Waals surface area contributed by atoms with Crippen LogP contribution in [0.4, 0.5) is 0 Å². The second-order valence-corrected chi connectivity index (χ2v) is 6.11. The van der Waals surface area contributed by atoms with Gasteiger partial charge in [0, 0.05) is 31.0 Å². The van der Waals surface area contributed by atoms with Gasteiger partial charge in [0.05, 0.1) is 4.90 Å². The molecule has 1 aromatic heterocycles. The maximum atomic E-state index is 11.9. The molecule has 104 valence electrons. The lowest BCUT2D eigenvalue weighted by Gasteiger charge is -2.00. The molecule has 20 heavy (non-hydrogen) atoms. The third kappa shape index (κ3) is 2.44. The van der Waals surface area contributed by atoms with Crippen molar-refractivity contribution in [1.29, 1.82) is 0 Å². The van der Waals surface area contributed by atoms with Gasteiger partial charge in [-0.1, -0.05) is 12.1 Å². The molecule has 7 heteroatoms. The molecule has 1 aromatic carbocycles. The molecule has 1 N–H and O–H groups in total. The van der Waals surface area contributed by atoms with E-state index >= 15 is 0 Å². The minimum Gasteiger partial charge on any atom is -0.273 e. The van der Waals surface area contributed by atoms with E-state index in [1.165, 1.54) is 0 Å². The van der Waals surface area contributed by atoms with Gasteiger partial charge in [0.1, 0.15) is 5.84 Å². The van der Waals surface area contributed by atoms with E-state index in [1.54, 1.807) is 30.5 Å². The van der Waals surface area contributed by atoms with Gasteiger partial charge in [0.15, 0.2) is 0 Å². The summed E-state index contributed by atoms with van der Waals surface area (Å²) in [6, 6.07) is 8.73. The Morgan fingerprint density at radius 3 is 2.90 bits per heavy atom. The fourth-order valence-corrected chi connectivity index (χ4v) is 3.36. The van der Waals surface area contributed by atoms with Crippen molar-refractivity contribution < 1.29 is 8.42 Å². The van der Waals surface area contributed by atoms with Crippen molar-refractivity contribution in [3.05, 3.63) is 48.3 Å². The fourth-order valence-electron chi connectivity index (χ4n) is 2.11. The van der Waals surface area contributed by atoms with E-state index in [4.69, 9.17) is 0 Å². The number of hydrogen-bond donors (Lipinski definition) is 1. The number of nitrogens with one attached hydrogen (secondary N) is 1. The average Bonchev–Trinajstić information content (AvgIpc) is 3.03. The summed E-state index contributed by atoms with van der Waals surface area (Å²) >= 11 is 0. The zero-order chi connectivity index (χ0) is 14.0. The standard InChI is InChI=1S/C13H14N4O2S/c18-20(19)12-6-2-1-5-11(12)13(16-20)14-7-3-9-17-10-4-8-15-17/h1-2,4-6,8,10H,3,7,9H2,(H,14,16). The largest absolute Gasteiger partial charge is 0.273 e. The SMILES string of the molecule is O=S1(=O)NC(=NCCCn2cccn2)c2ccccc21. The summed E-state index contributed by atoms with van der Waals surface area (Å²) in [5, 5.41) is 4.10. The third-order valence-corrected chi connectivity index (χ3v) is 4.43. The van der Waals surface area contributed by atoms with E-state index in [0.717, 1.165) is 13.0 Å². The molecule has 0 saturated carbocycles. The Labute approximate surface area is 117 Å². The van der Waals surface area contributed by atoms with Gasteiger partial charge in [0.2, 0.25) is 0 Å². The number of nitrogens with zero attached hydrogens (tertiary/aromatic N) is 3. The first kappa shape index (κ1) is 12.9. The summed E-state index contributed by atoms with van der Waals surface area (Å²) < 4.78 is 28.1. The van der Waals surface area contributed by atoms with Crippen LogP contribution in [0.15, 0.2) is 52.6 Å². The minimum absolute atomic E-state index is 0.297. The highest BCUT2D eigenvalue weighted by atomic mass is 32.2. The van der Waals surface area contributed by atoms with Crippen LogP contribution in [0.2, 0.25) is 0 Å². The number of sulfonamides is 1. The predicted octanol–water partition coefficient (Wildman–Crippen LogP) is 1.01. The first-order valence-electron chi connectivity index (χ1n) is 6.31. The molecule has 1 aliphatic heterocycles. The minimum atomic E-state index is -3.43. The highest BCUT2D eigenvalue weighted by Crippen LogP contribution is 2.22. The van der Waals surface area contributed by atoms with Crippen molar-refractivity contribution in [2.75, 3.05) is 6.54 Å². The van der Waals surface area contributed by atoms with Crippen molar-refractivity contribution in [3.8, 4) is 0 Å². The van der Waals surface area contributed by atoms with E-state index in [0.29, 0.717) is 22.8 Å². The molecular weight excluding hydrogens is 276 g/mol. The number of rotatable bonds is 4. The molecule has 0 saturated heterocycles. The second-order valence-electron chi connectivity index (χ2n) is 4.45. The molecule has 2 aromatic rings. The van der Waals surface area contributed by atoms with Crippen molar-refractivity contribution in [2.24, 2.45) is 4.99 Å². The Balaban J connectivity index is 1.71. The van der Waals surface area contributed by atoms with Crippen LogP contribution < -0.4 is 4.72 Å². The summed E-state index contributed by atoms with van der Waals surface area (Å²) in [6.07, 6.45) is 4.42. The van der Waals surface area contributed by atoms with Crippen LogP contribution in [0.25, 0.3) is 0 Å². The number of aliphatic imine (C=N–C) groups is 1. The molecule has 0 unspecified atom stereocenters. The molecule has 2 heterocycles. The third-order valence-electron chi connectivity index (χ3n) is 3.04. The molecule has 6 nitrogen and oxygen atoms in total. The summed E-state index contributed by atoms with van der Waals surface area (Å²) in [7, 11) is -3.43. The Morgan fingerprint density at radius 1 is 1.25 bits per heavy atom. The van der Waals surface area contributed by atoms with Gasteiger partial charge in [-0.2, -0.15) is 5.10 Å². The van der Waals surface area contributed by atoms with Gasteiger partial charge in [-0.05, 0) is 24.6 Å². The molecule has 0 fully saturated rings. The Hall–Kier alpha value is -2.15. The lowest BCUT2D eigenvalue weighted by molar-refractivity contribution is 0.585. The number of fused-ring (bicyclic) bond motifs is 1. The second kappa shape index (κ2) is 5.09. The number of amidine groups is 1. The van der Waals surface area contributed by atoms with Crippen LogP contribution in [-0.4, -0.2) is 30.6 Å². The van der Waals surface area contributed by atoms with Crippen LogP contribution >= 0.6 is 0 Å². The summed E-state index contributed by atoms with van der Waals surface area (Å²) in [6.45, 7) is 1.31. The molecule has 0 atom stereocenters. The summed E-state index contributed by atoms with van der Waals surface area (Å²) in [5.41, 5.74) is 0.645. The maximum Gasteiger partial charge on any atom is 0.263 e. The zero-order valence-corrected chi connectivity index (χ0v) is 11.5. The predicted molar refractivity (Wildman–Crippen MR) is 75.0 cm³/mol. The maximum absolute atomic E-state index is 11.9. The zero-order valence-electron chi connectivity index (χ0n) is 10.7. The number of aromatic nitrogens is 2. The molecule has 0 aliphatic carbocycles. The highest BCUT2D eigenvalue weighted by molar-refractivity contribution is 7.90. The van der Waals surface area contributed by atoms with E-state index < -0.39 is 10.0 Å². The van der Waals surface area contributed by atoms with E-state index in [2.05, 4.69) is 14.8 Å². The van der Waals surface area contributed by atoms with Gasteiger partial charge in [-0.3, -0.25) is 14.4 Å². The smallest absolute Gasteiger partial charge is 0.263 e. The summed E-state index contributed by atoms with van der Waals surface area (Å²) in [4.78, 5) is 4.64. The van der Waals surface area contributed by atoms with E-state index in [9.17, 15) is 8.42 Å². The van der Waals surface area contributed by atoms with Crippen LogP contribution in [0.5, 0.6) is 0 Å². The Morgan fingerprint density at radius 2 is 2.10 bits per heavy atom. The van der Waals surface area contributed by atoms with Crippen molar-refractivity contribution >= 4 is 15.9 Å². The normalized spacial score (nSPS) is 17.9. The first-order valence-corrected chi connectivity index (χ1v) is 7.79. The van der Waals surface area contributed by atoms with Crippen molar-refractivity contribution in [3.63, 3.8) is 0 Å². The molecular formula is C13H14N4O2S. The van der Waals surface area contributed by atoms with Gasteiger partial charge >= 0.3 is 0 Å². The lowest BCUT2D eigenvalue weighted by atomic mass is 10.2. The quantitative estimate of drug-likeness (QED) is 0.854. The monoisotopic (exact) mass is 290 g/mol. The van der Waals surface area contributed by atoms with E-state index in [1.807, 2.05) is 16.9 Å². The Kier molecular flexibility index (Phi) is 3.27. The van der Waals surface area contributed by atoms with Crippen LogP contribution in [0, 0.1) is 0 Å². The Bertz CT molecular complexity index is 735. The average molecular weight is 290 g/mol. The van der Waals surface area contributed by atoms with Gasteiger partial charge < -0.3 is 0 Å². The number of hydrogen-bond acceptors (Lipinski definition) is 4. The van der Waals surface area contributed by atoms with Crippen LogP contribution in [-0.2, 0) is 16.6 Å². The fraction of sp³-hybridized carbons (Fsp3) is 0.231. The van der Waals surface area contributed by atoms with E-state index in [-0.39, 0.29) is 0 Å². The molecule has 0 bridgehead atoms. The molecule has 0 amide bonds. The van der Waals surface area contributed by atoms with Crippen LogP contribution in [0.1, 0.15) is 12.0 Å². The molecule has 3 rings (SSSR count). The topological polar surface area (TPSA) is 76.3 Å². The molecule has 0 spiro atoms.